The monoisotopic (exact) mass is 366 g/mol. The molecule has 1 aliphatic rings. The Kier molecular flexibility index (Phi) is 5.74. The minimum absolute atomic E-state index is 0.0202. The quantitative estimate of drug-likeness (QED) is 0.882. The maximum Gasteiger partial charge on any atom is 0.256 e. The van der Waals surface area contributed by atoms with E-state index in [-0.39, 0.29) is 24.4 Å². The minimum atomic E-state index is -0.166. The van der Waals surface area contributed by atoms with Crippen molar-refractivity contribution in [1.82, 2.24) is 9.88 Å². The van der Waals surface area contributed by atoms with Crippen LogP contribution in [0, 0.1) is 6.92 Å². The largest absolute Gasteiger partial charge is 0.384 e. The van der Waals surface area contributed by atoms with Gasteiger partial charge in [-0.15, -0.1) is 0 Å². The van der Waals surface area contributed by atoms with Crippen molar-refractivity contribution in [2.24, 2.45) is 0 Å². The molecule has 2 heterocycles. The number of anilines is 2. The predicted octanol–water partition coefficient (Wildman–Crippen LogP) is 3.02. The molecule has 6 heteroatoms. The van der Waals surface area contributed by atoms with Crippen molar-refractivity contribution in [3.63, 3.8) is 0 Å². The van der Waals surface area contributed by atoms with E-state index in [1.165, 1.54) is 6.20 Å². The molecule has 27 heavy (non-hydrogen) atoms. The van der Waals surface area contributed by atoms with Crippen LogP contribution in [0.2, 0.25) is 0 Å². The number of unbranched alkanes of at least 4 members (excludes halogenated alkanes) is 1. The lowest BCUT2D eigenvalue weighted by molar-refractivity contribution is -0.121. The average molecular weight is 366 g/mol. The van der Waals surface area contributed by atoms with Gasteiger partial charge < -0.3 is 15.5 Å². The van der Waals surface area contributed by atoms with Crippen molar-refractivity contribution in [3.05, 3.63) is 53.7 Å². The van der Waals surface area contributed by atoms with Crippen LogP contribution in [0.15, 0.2) is 42.6 Å². The summed E-state index contributed by atoms with van der Waals surface area (Å²) in [5.74, 6) is 0.139. The van der Waals surface area contributed by atoms with Gasteiger partial charge in [0.25, 0.3) is 5.91 Å². The van der Waals surface area contributed by atoms with Gasteiger partial charge >= 0.3 is 0 Å². The molecule has 1 saturated heterocycles. The second kappa shape index (κ2) is 8.20. The molecule has 0 radical (unpaired) electrons. The zero-order valence-corrected chi connectivity index (χ0v) is 15.9. The van der Waals surface area contributed by atoms with E-state index in [4.69, 9.17) is 5.73 Å². The average Bonchev–Trinajstić information content (AvgIpc) is 2.67. The molecule has 0 spiro atoms. The van der Waals surface area contributed by atoms with E-state index in [1.54, 1.807) is 21.9 Å². The number of benzene rings is 1. The van der Waals surface area contributed by atoms with Crippen molar-refractivity contribution in [3.8, 4) is 0 Å². The number of amides is 2. The van der Waals surface area contributed by atoms with Crippen molar-refractivity contribution in [1.29, 1.82) is 0 Å². The van der Waals surface area contributed by atoms with Crippen LogP contribution in [-0.2, 0) is 4.79 Å². The number of nitrogens with two attached hydrogens (primary N) is 1. The maximum absolute atomic E-state index is 13.0. The van der Waals surface area contributed by atoms with E-state index >= 15 is 0 Å². The Balaban J connectivity index is 1.85. The van der Waals surface area contributed by atoms with Gasteiger partial charge in [0.15, 0.2) is 0 Å². The van der Waals surface area contributed by atoms with E-state index < -0.39 is 0 Å². The number of rotatable bonds is 5. The summed E-state index contributed by atoms with van der Waals surface area (Å²) in [6.07, 6.45) is 4.39. The first-order chi connectivity index (χ1) is 13.0. The zero-order chi connectivity index (χ0) is 19.4. The van der Waals surface area contributed by atoms with Gasteiger partial charge in [0.1, 0.15) is 12.4 Å². The number of carbonyl (C=O) groups excluding carboxylic acids is 2. The van der Waals surface area contributed by atoms with Crippen LogP contribution < -0.4 is 10.6 Å². The highest BCUT2D eigenvalue weighted by Gasteiger charge is 2.35. The lowest BCUT2D eigenvalue weighted by Crippen LogP contribution is -2.58. The Hall–Kier alpha value is -2.89. The molecule has 0 saturated carbocycles. The first kappa shape index (κ1) is 18.9. The normalized spacial score (nSPS) is 17.3. The SMILES string of the molecule is CCCC[C@H]1CN(c2cccc(C)c2)C(=O)CN1C(=O)c1ccc(N)nc1. The summed E-state index contributed by atoms with van der Waals surface area (Å²) in [7, 11) is 0. The van der Waals surface area contributed by atoms with Gasteiger partial charge in [-0.05, 0) is 43.2 Å². The second-order valence-corrected chi connectivity index (χ2v) is 7.04. The fraction of sp³-hybridized carbons (Fsp3) is 0.381. The number of hydrogen-bond donors (Lipinski definition) is 1. The highest BCUT2D eigenvalue weighted by Crippen LogP contribution is 2.25. The summed E-state index contributed by atoms with van der Waals surface area (Å²) in [5.41, 5.74) is 8.08. The van der Waals surface area contributed by atoms with Gasteiger partial charge in [-0.3, -0.25) is 9.59 Å². The van der Waals surface area contributed by atoms with Crippen molar-refractivity contribution >= 4 is 23.3 Å². The third kappa shape index (κ3) is 4.27. The molecule has 2 N–H and O–H groups in total. The topological polar surface area (TPSA) is 79.5 Å². The highest BCUT2D eigenvalue weighted by atomic mass is 16.2. The minimum Gasteiger partial charge on any atom is -0.384 e. The summed E-state index contributed by atoms with van der Waals surface area (Å²) < 4.78 is 0. The summed E-state index contributed by atoms with van der Waals surface area (Å²) >= 11 is 0. The van der Waals surface area contributed by atoms with Gasteiger partial charge in [0.2, 0.25) is 5.91 Å². The fourth-order valence-electron chi connectivity index (χ4n) is 3.44. The number of carbonyl (C=O) groups is 2. The molecule has 1 aromatic carbocycles. The summed E-state index contributed by atoms with van der Waals surface area (Å²) in [5, 5.41) is 0. The molecule has 0 unspecified atom stereocenters. The number of piperazine rings is 1. The summed E-state index contributed by atoms with van der Waals surface area (Å²) in [6.45, 7) is 4.72. The van der Waals surface area contributed by atoms with Crippen LogP contribution in [0.4, 0.5) is 11.5 Å². The molecule has 6 nitrogen and oxygen atoms in total. The molecular weight excluding hydrogens is 340 g/mol. The zero-order valence-electron chi connectivity index (χ0n) is 15.9. The molecule has 2 aromatic rings. The third-order valence-electron chi connectivity index (χ3n) is 4.94. The van der Waals surface area contributed by atoms with Crippen molar-refractivity contribution < 1.29 is 9.59 Å². The lowest BCUT2D eigenvalue weighted by atomic mass is 10.0. The lowest BCUT2D eigenvalue weighted by Gasteiger charge is -2.41. The van der Waals surface area contributed by atoms with Crippen LogP contribution in [0.25, 0.3) is 0 Å². The smallest absolute Gasteiger partial charge is 0.256 e. The number of aryl methyl sites for hydroxylation is 1. The number of nitrogens with zero attached hydrogens (tertiary/aromatic N) is 3. The maximum atomic E-state index is 13.0. The van der Waals surface area contributed by atoms with Gasteiger partial charge in [-0.1, -0.05) is 31.9 Å². The molecule has 142 valence electrons. The highest BCUT2D eigenvalue weighted by molar-refractivity contribution is 6.02. The molecule has 1 fully saturated rings. The number of nitrogen functional groups attached to an aromatic ring is 1. The first-order valence-corrected chi connectivity index (χ1v) is 9.39. The van der Waals surface area contributed by atoms with E-state index in [2.05, 4.69) is 11.9 Å². The van der Waals surface area contributed by atoms with Crippen LogP contribution >= 0.6 is 0 Å². The third-order valence-corrected chi connectivity index (χ3v) is 4.94. The van der Waals surface area contributed by atoms with E-state index in [0.717, 1.165) is 30.5 Å². The summed E-state index contributed by atoms with van der Waals surface area (Å²) in [4.78, 5) is 33.3. The van der Waals surface area contributed by atoms with Crippen LogP contribution in [0.3, 0.4) is 0 Å². The van der Waals surface area contributed by atoms with Crippen molar-refractivity contribution in [2.45, 2.75) is 39.2 Å². The standard InChI is InChI=1S/C21H26N4O2/c1-3-4-7-18-13-24(17-8-5-6-15(2)11-17)20(26)14-25(18)21(27)16-9-10-19(22)23-12-16/h5-6,8-12,18H,3-4,7,13-14H2,1-2H3,(H2,22,23)/t18-/m0/s1. The van der Waals surface area contributed by atoms with Crippen molar-refractivity contribution in [2.75, 3.05) is 23.7 Å². The number of pyridine rings is 1. The van der Waals surface area contributed by atoms with Gasteiger partial charge in [-0.2, -0.15) is 0 Å². The molecule has 3 rings (SSSR count). The second-order valence-electron chi connectivity index (χ2n) is 7.04. The molecule has 0 bridgehead atoms. The Morgan fingerprint density at radius 2 is 2.11 bits per heavy atom. The number of aromatic nitrogens is 1. The van der Waals surface area contributed by atoms with E-state index in [1.807, 2.05) is 31.2 Å². The fourth-order valence-corrected chi connectivity index (χ4v) is 3.44. The molecule has 1 atom stereocenters. The first-order valence-electron chi connectivity index (χ1n) is 9.39. The van der Waals surface area contributed by atoms with E-state index in [9.17, 15) is 9.59 Å². The Morgan fingerprint density at radius 1 is 1.30 bits per heavy atom. The molecule has 2 amide bonds. The summed E-state index contributed by atoms with van der Waals surface area (Å²) in [6, 6.07) is 11.2. The predicted molar refractivity (Wildman–Crippen MR) is 107 cm³/mol. The molecule has 0 aliphatic carbocycles. The van der Waals surface area contributed by atoms with Crippen LogP contribution in [0.5, 0.6) is 0 Å². The Morgan fingerprint density at radius 3 is 2.78 bits per heavy atom. The molecule has 1 aliphatic heterocycles. The van der Waals surface area contributed by atoms with Gasteiger partial charge in [-0.25, -0.2) is 4.98 Å². The van der Waals surface area contributed by atoms with Crippen LogP contribution in [0.1, 0.15) is 42.1 Å². The van der Waals surface area contributed by atoms with Crippen LogP contribution in [-0.4, -0.2) is 40.8 Å². The number of hydrogen-bond acceptors (Lipinski definition) is 4. The molecular formula is C21H26N4O2. The Labute approximate surface area is 160 Å². The molecule has 1 aromatic heterocycles. The van der Waals surface area contributed by atoms with E-state index in [0.29, 0.717) is 17.9 Å². The van der Waals surface area contributed by atoms with Gasteiger partial charge in [0.05, 0.1) is 11.6 Å². The Bertz CT molecular complexity index is 819. The van der Waals surface area contributed by atoms with Gasteiger partial charge in [0, 0.05) is 18.4 Å².